The predicted molar refractivity (Wildman–Crippen MR) is 122 cm³/mol. The van der Waals surface area contributed by atoms with E-state index in [1.807, 2.05) is 49.7 Å². The highest BCUT2D eigenvalue weighted by Crippen LogP contribution is 2.24. The van der Waals surface area contributed by atoms with Gasteiger partial charge in [0.25, 0.3) is 5.91 Å². The third-order valence-electron chi connectivity index (χ3n) is 5.54. The van der Waals surface area contributed by atoms with Gasteiger partial charge >= 0.3 is 0 Å². The van der Waals surface area contributed by atoms with Crippen LogP contribution in [-0.4, -0.2) is 20.8 Å². The molecule has 4 rings (SSSR count). The monoisotopic (exact) mass is 466 g/mol. The minimum Gasteiger partial charge on any atom is -0.486 e. The number of hydrogen-bond donors (Lipinski definition) is 1. The minimum atomic E-state index is -0.840. The summed E-state index contributed by atoms with van der Waals surface area (Å²) >= 11 is 0. The smallest absolute Gasteiger partial charge is 0.278 e. The maximum absolute atomic E-state index is 13.9. The molecule has 0 spiro atoms. The molecule has 2 aromatic carbocycles. The van der Waals surface area contributed by atoms with Gasteiger partial charge in [-0.05, 0) is 45.4 Å². The molecular weight excluding hydrogens is 442 g/mol. The SMILES string of the molecule is Cc1ccc(Cn2nc(C)c(NC(=O)c3noc(C)c3COc3ccc(F)cc3F)c2C)cc1. The standard InChI is InChI=1S/C25H24F2N4O3/c1-14-5-7-18(8-6-14)12-31-16(3)23(15(2)29-31)28-25(32)24-20(17(4)34-30-24)13-33-22-10-9-19(26)11-21(22)27/h5-11H,12-13H2,1-4H3,(H,28,32). The Balaban J connectivity index is 1.51. The first-order valence-corrected chi connectivity index (χ1v) is 10.7. The van der Waals surface area contributed by atoms with Crippen molar-refractivity contribution < 1.29 is 22.8 Å². The molecule has 0 radical (unpaired) electrons. The van der Waals surface area contributed by atoms with Crippen molar-refractivity contribution in [3.63, 3.8) is 0 Å². The van der Waals surface area contributed by atoms with E-state index >= 15 is 0 Å². The van der Waals surface area contributed by atoms with Crippen molar-refractivity contribution in [2.24, 2.45) is 0 Å². The van der Waals surface area contributed by atoms with Crippen LogP contribution in [0.2, 0.25) is 0 Å². The fourth-order valence-electron chi connectivity index (χ4n) is 3.55. The second-order valence-electron chi connectivity index (χ2n) is 8.07. The third-order valence-corrected chi connectivity index (χ3v) is 5.54. The Morgan fingerprint density at radius 3 is 2.53 bits per heavy atom. The number of halogens is 2. The van der Waals surface area contributed by atoms with Crippen molar-refractivity contribution in [1.29, 1.82) is 0 Å². The third kappa shape index (κ3) is 4.83. The highest BCUT2D eigenvalue weighted by Gasteiger charge is 2.23. The van der Waals surface area contributed by atoms with Gasteiger partial charge in [0.1, 0.15) is 18.2 Å². The lowest BCUT2D eigenvalue weighted by molar-refractivity contribution is 0.101. The lowest BCUT2D eigenvalue weighted by Gasteiger charge is -2.09. The summed E-state index contributed by atoms with van der Waals surface area (Å²) in [5, 5.41) is 11.3. The number of rotatable bonds is 7. The first-order valence-electron chi connectivity index (χ1n) is 10.7. The Morgan fingerprint density at radius 2 is 1.82 bits per heavy atom. The van der Waals surface area contributed by atoms with Crippen molar-refractivity contribution in [2.45, 2.75) is 40.8 Å². The molecule has 0 bridgehead atoms. The van der Waals surface area contributed by atoms with E-state index in [0.29, 0.717) is 29.2 Å². The molecular formula is C25H24F2N4O3. The van der Waals surface area contributed by atoms with Gasteiger partial charge in [0, 0.05) is 6.07 Å². The summed E-state index contributed by atoms with van der Waals surface area (Å²) in [7, 11) is 0. The van der Waals surface area contributed by atoms with Crippen LogP contribution < -0.4 is 10.1 Å². The number of nitrogens with zero attached hydrogens (tertiary/aromatic N) is 3. The van der Waals surface area contributed by atoms with Crippen molar-refractivity contribution in [3.05, 3.63) is 93.6 Å². The molecule has 0 aliphatic carbocycles. The average molecular weight is 466 g/mol. The van der Waals surface area contributed by atoms with Crippen LogP contribution in [0, 0.1) is 39.3 Å². The fourth-order valence-corrected chi connectivity index (χ4v) is 3.55. The summed E-state index contributed by atoms with van der Waals surface area (Å²) in [6.07, 6.45) is 0. The Hall–Kier alpha value is -4.01. The normalized spacial score (nSPS) is 11.0. The largest absolute Gasteiger partial charge is 0.486 e. The highest BCUT2D eigenvalue weighted by atomic mass is 19.1. The molecule has 34 heavy (non-hydrogen) atoms. The minimum absolute atomic E-state index is 0.0186. The van der Waals surface area contributed by atoms with E-state index in [4.69, 9.17) is 9.26 Å². The van der Waals surface area contributed by atoms with Crippen LogP contribution in [0.4, 0.5) is 14.5 Å². The summed E-state index contributed by atoms with van der Waals surface area (Å²) in [5.74, 6) is -1.84. The molecule has 4 aromatic rings. The molecule has 0 saturated heterocycles. The van der Waals surface area contributed by atoms with Gasteiger partial charge in [-0.1, -0.05) is 35.0 Å². The second-order valence-corrected chi connectivity index (χ2v) is 8.07. The highest BCUT2D eigenvalue weighted by molar-refractivity contribution is 6.04. The zero-order valence-corrected chi connectivity index (χ0v) is 19.3. The zero-order chi connectivity index (χ0) is 24.4. The van der Waals surface area contributed by atoms with Gasteiger partial charge in [-0.15, -0.1) is 0 Å². The van der Waals surface area contributed by atoms with Crippen molar-refractivity contribution in [1.82, 2.24) is 14.9 Å². The number of carbonyl (C=O) groups is 1. The van der Waals surface area contributed by atoms with E-state index in [2.05, 4.69) is 15.6 Å². The lowest BCUT2D eigenvalue weighted by atomic mass is 10.1. The van der Waals surface area contributed by atoms with Crippen LogP contribution in [0.1, 0.15) is 44.3 Å². The number of nitrogens with one attached hydrogen (secondary N) is 1. The summed E-state index contributed by atoms with van der Waals surface area (Å²) in [5.41, 5.74) is 4.67. The molecule has 9 heteroatoms. The molecule has 7 nitrogen and oxygen atoms in total. The Labute approximate surface area is 195 Å². The molecule has 2 heterocycles. The molecule has 0 aliphatic heterocycles. The second kappa shape index (κ2) is 9.46. The van der Waals surface area contributed by atoms with Crippen LogP contribution in [0.25, 0.3) is 0 Å². The van der Waals surface area contributed by atoms with Gasteiger partial charge in [-0.3, -0.25) is 9.48 Å². The number of amides is 1. The van der Waals surface area contributed by atoms with Crippen molar-refractivity contribution in [2.75, 3.05) is 5.32 Å². The van der Waals surface area contributed by atoms with Gasteiger partial charge in [0.15, 0.2) is 17.3 Å². The van der Waals surface area contributed by atoms with E-state index in [1.165, 1.54) is 11.6 Å². The van der Waals surface area contributed by atoms with E-state index in [-0.39, 0.29) is 18.1 Å². The van der Waals surface area contributed by atoms with Crippen LogP contribution in [0.15, 0.2) is 47.0 Å². The molecule has 0 fully saturated rings. The first-order chi connectivity index (χ1) is 16.2. The van der Waals surface area contributed by atoms with Crippen LogP contribution in [-0.2, 0) is 13.2 Å². The Bertz CT molecular complexity index is 1340. The first kappa shape index (κ1) is 23.2. The van der Waals surface area contributed by atoms with E-state index in [0.717, 1.165) is 23.4 Å². The molecule has 1 amide bonds. The average Bonchev–Trinajstić information content (AvgIpc) is 3.29. The van der Waals surface area contributed by atoms with Crippen LogP contribution in [0.3, 0.4) is 0 Å². The summed E-state index contributed by atoms with van der Waals surface area (Å²) in [6.45, 7) is 7.73. The van der Waals surface area contributed by atoms with Crippen molar-refractivity contribution in [3.8, 4) is 5.75 Å². The summed E-state index contributed by atoms with van der Waals surface area (Å²) in [4.78, 5) is 13.0. The lowest BCUT2D eigenvalue weighted by Crippen LogP contribution is -2.16. The molecule has 176 valence electrons. The van der Waals surface area contributed by atoms with Crippen LogP contribution in [0.5, 0.6) is 5.75 Å². The number of carbonyl (C=O) groups excluding carboxylic acids is 1. The number of hydrogen-bond acceptors (Lipinski definition) is 5. The topological polar surface area (TPSA) is 82.2 Å². The Kier molecular flexibility index (Phi) is 6.45. The zero-order valence-electron chi connectivity index (χ0n) is 19.3. The Morgan fingerprint density at radius 1 is 1.09 bits per heavy atom. The molecule has 0 unspecified atom stereocenters. The van der Waals surface area contributed by atoms with Gasteiger partial charge in [0.2, 0.25) is 0 Å². The number of aryl methyl sites for hydroxylation is 3. The molecule has 2 aromatic heterocycles. The van der Waals surface area contributed by atoms with E-state index in [1.54, 1.807) is 6.92 Å². The summed E-state index contributed by atoms with van der Waals surface area (Å²) in [6, 6.07) is 11.2. The maximum atomic E-state index is 13.9. The number of anilines is 1. The van der Waals surface area contributed by atoms with Crippen LogP contribution >= 0.6 is 0 Å². The number of benzene rings is 2. The number of aromatic nitrogens is 3. The molecule has 1 N–H and O–H groups in total. The summed E-state index contributed by atoms with van der Waals surface area (Å²) < 4.78 is 39.5. The van der Waals surface area contributed by atoms with Gasteiger partial charge in [0.05, 0.1) is 29.2 Å². The molecule has 0 atom stereocenters. The fraction of sp³-hybridized carbons (Fsp3) is 0.240. The quantitative estimate of drug-likeness (QED) is 0.402. The predicted octanol–water partition coefficient (Wildman–Crippen LogP) is 5.26. The molecule has 0 aliphatic rings. The van der Waals surface area contributed by atoms with Gasteiger partial charge < -0.3 is 14.6 Å². The number of ether oxygens (including phenoxy) is 1. The van der Waals surface area contributed by atoms with Gasteiger partial charge in [-0.25, -0.2) is 8.78 Å². The van der Waals surface area contributed by atoms with Crippen molar-refractivity contribution >= 4 is 11.6 Å². The van der Waals surface area contributed by atoms with E-state index < -0.39 is 17.5 Å². The van der Waals surface area contributed by atoms with E-state index in [9.17, 15) is 13.6 Å². The molecule has 0 saturated carbocycles. The van der Waals surface area contributed by atoms with Gasteiger partial charge in [-0.2, -0.15) is 5.10 Å². The maximum Gasteiger partial charge on any atom is 0.278 e.